The Labute approximate surface area is 106 Å². The fourth-order valence-corrected chi connectivity index (χ4v) is 2.57. The first-order valence-electron chi connectivity index (χ1n) is 5.67. The first kappa shape index (κ1) is 14.1. The van der Waals surface area contributed by atoms with Gasteiger partial charge in [0, 0.05) is 0 Å². The second-order valence-electron chi connectivity index (χ2n) is 4.05. The molecule has 0 aliphatic carbocycles. The van der Waals surface area contributed by atoms with Gasteiger partial charge in [0.25, 0.3) is 0 Å². The summed E-state index contributed by atoms with van der Waals surface area (Å²) < 4.78 is 5.21. The number of nitrogens with one attached hydrogen (secondary N) is 1. The SMILES string of the molecule is CCNC(C)(CCSCc1ccco1)C(=O)O. The van der Waals surface area contributed by atoms with Gasteiger partial charge in [0.2, 0.25) is 0 Å². The highest BCUT2D eigenvalue weighted by Gasteiger charge is 2.31. The molecule has 0 aromatic carbocycles. The lowest BCUT2D eigenvalue weighted by Gasteiger charge is -2.25. The van der Waals surface area contributed by atoms with E-state index in [1.54, 1.807) is 24.9 Å². The van der Waals surface area contributed by atoms with E-state index in [9.17, 15) is 4.79 Å². The molecule has 0 saturated carbocycles. The Morgan fingerprint density at radius 3 is 2.94 bits per heavy atom. The van der Waals surface area contributed by atoms with Gasteiger partial charge in [-0.1, -0.05) is 6.92 Å². The van der Waals surface area contributed by atoms with Crippen molar-refractivity contribution in [1.29, 1.82) is 0 Å². The van der Waals surface area contributed by atoms with Gasteiger partial charge in [-0.15, -0.1) is 0 Å². The van der Waals surface area contributed by atoms with E-state index in [-0.39, 0.29) is 0 Å². The fourth-order valence-electron chi connectivity index (χ4n) is 1.50. The van der Waals surface area contributed by atoms with Crippen LogP contribution in [0.1, 0.15) is 26.0 Å². The van der Waals surface area contributed by atoms with Gasteiger partial charge in [0.15, 0.2) is 0 Å². The first-order valence-corrected chi connectivity index (χ1v) is 6.82. The first-order chi connectivity index (χ1) is 8.08. The van der Waals surface area contributed by atoms with Crippen molar-refractivity contribution >= 4 is 17.7 Å². The molecule has 96 valence electrons. The molecule has 1 heterocycles. The summed E-state index contributed by atoms with van der Waals surface area (Å²) in [5.41, 5.74) is -0.828. The lowest BCUT2D eigenvalue weighted by atomic mass is 9.99. The van der Waals surface area contributed by atoms with E-state index < -0.39 is 11.5 Å². The average Bonchev–Trinajstić information content (AvgIpc) is 2.77. The second-order valence-corrected chi connectivity index (χ2v) is 5.15. The largest absolute Gasteiger partial charge is 0.480 e. The molecule has 1 aromatic rings. The molecule has 0 saturated heterocycles. The molecule has 0 aliphatic heterocycles. The highest BCUT2D eigenvalue weighted by Crippen LogP contribution is 2.18. The summed E-state index contributed by atoms with van der Waals surface area (Å²) in [6, 6.07) is 3.78. The number of carboxylic acids is 1. The number of rotatable bonds is 8. The van der Waals surface area contributed by atoms with Crippen molar-refractivity contribution in [3.8, 4) is 0 Å². The number of hydrogen-bond donors (Lipinski definition) is 2. The summed E-state index contributed by atoms with van der Waals surface area (Å²) in [4.78, 5) is 11.1. The van der Waals surface area contributed by atoms with Crippen molar-refractivity contribution < 1.29 is 14.3 Å². The van der Waals surface area contributed by atoms with Crippen LogP contribution in [0.15, 0.2) is 22.8 Å². The molecule has 0 bridgehead atoms. The van der Waals surface area contributed by atoms with Crippen molar-refractivity contribution in [2.24, 2.45) is 0 Å². The van der Waals surface area contributed by atoms with Crippen LogP contribution in [0, 0.1) is 0 Å². The number of carboxylic acid groups (broad SMARTS) is 1. The van der Waals surface area contributed by atoms with E-state index in [4.69, 9.17) is 9.52 Å². The molecule has 1 aromatic heterocycles. The number of aliphatic carboxylic acids is 1. The molecule has 1 atom stereocenters. The third kappa shape index (κ3) is 4.44. The molecule has 0 aliphatic rings. The predicted molar refractivity (Wildman–Crippen MR) is 69.2 cm³/mol. The molecular weight excluding hydrogens is 238 g/mol. The van der Waals surface area contributed by atoms with E-state index >= 15 is 0 Å². The molecule has 1 rings (SSSR count). The predicted octanol–water partition coefficient (Wildman–Crippen LogP) is 2.36. The zero-order valence-electron chi connectivity index (χ0n) is 10.2. The normalized spacial score (nSPS) is 14.5. The van der Waals surface area contributed by atoms with E-state index in [1.165, 1.54) is 0 Å². The Balaban J connectivity index is 2.30. The van der Waals surface area contributed by atoms with Crippen molar-refractivity contribution in [3.63, 3.8) is 0 Å². The van der Waals surface area contributed by atoms with Gasteiger partial charge >= 0.3 is 5.97 Å². The van der Waals surface area contributed by atoms with E-state index in [0.29, 0.717) is 13.0 Å². The number of hydrogen-bond acceptors (Lipinski definition) is 4. The van der Waals surface area contributed by atoms with E-state index in [2.05, 4.69) is 5.32 Å². The molecular formula is C12H19NO3S. The molecule has 0 fully saturated rings. The number of likely N-dealkylation sites (N-methyl/N-ethyl adjacent to an activating group) is 1. The van der Waals surface area contributed by atoms with Gasteiger partial charge in [-0.25, -0.2) is 0 Å². The van der Waals surface area contributed by atoms with Crippen molar-refractivity contribution in [1.82, 2.24) is 5.32 Å². The summed E-state index contributed by atoms with van der Waals surface area (Å²) in [5.74, 6) is 1.71. The summed E-state index contributed by atoms with van der Waals surface area (Å²) in [5, 5.41) is 12.2. The lowest BCUT2D eigenvalue weighted by molar-refractivity contribution is -0.144. The molecule has 1 unspecified atom stereocenters. The van der Waals surface area contributed by atoms with Crippen LogP contribution in [0.4, 0.5) is 0 Å². The van der Waals surface area contributed by atoms with E-state index in [0.717, 1.165) is 17.3 Å². The topological polar surface area (TPSA) is 62.5 Å². The van der Waals surface area contributed by atoms with Crippen molar-refractivity contribution in [2.75, 3.05) is 12.3 Å². The lowest BCUT2D eigenvalue weighted by Crippen LogP contribution is -2.49. The minimum Gasteiger partial charge on any atom is -0.480 e. The van der Waals surface area contributed by atoms with Gasteiger partial charge in [0.1, 0.15) is 11.3 Å². The van der Waals surface area contributed by atoms with Gasteiger partial charge < -0.3 is 14.8 Å². The van der Waals surface area contributed by atoms with Crippen molar-refractivity contribution in [3.05, 3.63) is 24.2 Å². The monoisotopic (exact) mass is 257 g/mol. The Bertz CT molecular complexity index is 340. The van der Waals surface area contributed by atoms with Crippen LogP contribution in [0.25, 0.3) is 0 Å². The minimum absolute atomic E-state index is 0.599. The van der Waals surface area contributed by atoms with Crippen LogP contribution < -0.4 is 5.32 Å². The van der Waals surface area contributed by atoms with Gasteiger partial charge in [-0.05, 0) is 37.8 Å². The standard InChI is InChI=1S/C12H19NO3S/c1-3-13-12(2,11(14)15)6-8-17-9-10-5-4-7-16-10/h4-5,7,13H,3,6,8-9H2,1-2H3,(H,14,15). The number of thioether (sulfide) groups is 1. The summed E-state index contributed by atoms with van der Waals surface area (Å²) >= 11 is 1.68. The van der Waals surface area contributed by atoms with Gasteiger partial charge in [-0.3, -0.25) is 4.79 Å². The van der Waals surface area contributed by atoms with Crippen LogP contribution in [0.3, 0.4) is 0 Å². The molecule has 17 heavy (non-hydrogen) atoms. The third-order valence-electron chi connectivity index (χ3n) is 2.61. The average molecular weight is 257 g/mol. The minimum atomic E-state index is -0.828. The summed E-state index contributed by atoms with van der Waals surface area (Å²) in [7, 11) is 0. The maximum absolute atomic E-state index is 11.1. The molecule has 0 radical (unpaired) electrons. The third-order valence-corrected chi connectivity index (χ3v) is 3.59. The Hall–Kier alpha value is -0.940. The molecule has 2 N–H and O–H groups in total. The molecule has 0 amide bonds. The zero-order chi connectivity index (χ0) is 12.7. The van der Waals surface area contributed by atoms with E-state index in [1.807, 2.05) is 19.1 Å². The van der Waals surface area contributed by atoms with Gasteiger partial charge in [-0.2, -0.15) is 11.8 Å². The second kappa shape index (κ2) is 6.71. The molecule has 5 heteroatoms. The smallest absolute Gasteiger partial charge is 0.323 e. The number of carbonyl (C=O) groups is 1. The summed E-state index contributed by atoms with van der Waals surface area (Å²) in [6.45, 7) is 4.30. The maximum atomic E-state index is 11.1. The molecule has 4 nitrogen and oxygen atoms in total. The highest BCUT2D eigenvalue weighted by molar-refractivity contribution is 7.98. The van der Waals surface area contributed by atoms with Crippen LogP contribution in [0.2, 0.25) is 0 Å². The van der Waals surface area contributed by atoms with Crippen LogP contribution in [0.5, 0.6) is 0 Å². The van der Waals surface area contributed by atoms with Crippen LogP contribution in [-0.4, -0.2) is 28.9 Å². The van der Waals surface area contributed by atoms with Gasteiger partial charge in [0.05, 0.1) is 12.0 Å². The Morgan fingerprint density at radius 2 is 2.41 bits per heavy atom. The molecule has 0 spiro atoms. The number of furan rings is 1. The van der Waals surface area contributed by atoms with Crippen LogP contribution >= 0.6 is 11.8 Å². The summed E-state index contributed by atoms with van der Waals surface area (Å²) in [6.07, 6.45) is 2.25. The quantitative estimate of drug-likeness (QED) is 0.700. The maximum Gasteiger partial charge on any atom is 0.323 e. The Kier molecular flexibility index (Phi) is 5.58. The zero-order valence-corrected chi connectivity index (χ0v) is 11.0. The Morgan fingerprint density at radius 1 is 1.65 bits per heavy atom. The van der Waals surface area contributed by atoms with Crippen LogP contribution in [-0.2, 0) is 10.5 Å². The van der Waals surface area contributed by atoms with Crippen molar-refractivity contribution in [2.45, 2.75) is 31.6 Å². The fraction of sp³-hybridized carbons (Fsp3) is 0.583. The highest BCUT2D eigenvalue weighted by atomic mass is 32.2.